The van der Waals surface area contributed by atoms with Crippen LogP contribution in [0.5, 0.6) is 6.01 Å². The first kappa shape index (κ1) is 18.5. The van der Waals surface area contributed by atoms with Crippen molar-refractivity contribution in [3.63, 3.8) is 0 Å². The molecule has 7 nitrogen and oxygen atoms in total. The number of aliphatic hydroxyl groups is 2. The van der Waals surface area contributed by atoms with Crippen molar-refractivity contribution >= 4 is 0 Å². The maximum Gasteiger partial charge on any atom is 0.301 e. The van der Waals surface area contributed by atoms with Crippen molar-refractivity contribution in [2.75, 3.05) is 13.2 Å². The second kappa shape index (κ2) is 7.66. The lowest BCUT2D eigenvalue weighted by molar-refractivity contribution is -0.0632. The maximum absolute atomic E-state index is 14.6. The van der Waals surface area contributed by atoms with Crippen LogP contribution in [0.3, 0.4) is 0 Å². The van der Waals surface area contributed by atoms with Crippen LogP contribution in [0, 0.1) is 0 Å². The van der Waals surface area contributed by atoms with Crippen molar-refractivity contribution in [3.05, 3.63) is 22.6 Å². The molecule has 0 amide bonds. The normalized spacial score (nSPS) is 30.6. The minimum atomic E-state index is -2.16. The number of hydrogen-bond donors (Lipinski definition) is 2. The summed E-state index contributed by atoms with van der Waals surface area (Å²) in [6.07, 6.45) is -2.51. The molecular formula is C14H23FN2O5. The molecule has 4 unspecified atom stereocenters. The first-order valence-electron chi connectivity index (χ1n) is 7.27. The molecule has 1 aromatic heterocycles. The molecule has 1 aromatic rings. The van der Waals surface area contributed by atoms with E-state index in [0.29, 0.717) is 0 Å². The molecule has 0 radical (unpaired) electrons. The van der Waals surface area contributed by atoms with Gasteiger partial charge in [-0.05, 0) is 13.8 Å². The molecule has 8 heteroatoms. The lowest BCUT2D eigenvalue weighted by Gasteiger charge is -2.26. The van der Waals surface area contributed by atoms with Crippen molar-refractivity contribution in [1.82, 2.24) is 9.55 Å². The third kappa shape index (κ3) is 3.45. The van der Waals surface area contributed by atoms with Crippen molar-refractivity contribution in [2.24, 2.45) is 0 Å². The molecule has 2 N–H and O–H groups in total. The average Bonchev–Trinajstić information content (AvgIpc) is 2.73. The number of nitrogens with zero attached hydrogens (tertiary/aromatic N) is 2. The minimum Gasteiger partial charge on any atom is -0.465 e. The fraction of sp³-hybridized carbons (Fsp3) is 0.714. The van der Waals surface area contributed by atoms with Gasteiger partial charge in [-0.25, -0.2) is 4.39 Å². The summed E-state index contributed by atoms with van der Waals surface area (Å²) < 4.78 is 26.3. The first-order valence-corrected chi connectivity index (χ1v) is 7.27. The Balaban J connectivity index is 0.00000116. The molecule has 2 heterocycles. The highest BCUT2D eigenvalue weighted by molar-refractivity contribution is 5.07. The second-order valence-electron chi connectivity index (χ2n) is 4.69. The number of aliphatic hydroxyl groups excluding tert-OH is 2. The highest BCUT2D eigenvalue weighted by Crippen LogP contribution is 2.42. The average molecular weight is 318 g/mol. The van der Waals surface area contributed by atoms with Crippen LogP contribution in [0.4, 0.5) is 4.39 Å². The summed E-state index contributed by atoms with van der Waals surface area (Å²) in [4.78, 5) is 14.9. The molecule has 126 valence electrons. The first-order chi connectivity index (χ1) is 10.4. The minimum absolute atomic E-state index is 0.0975. The van der Waals surface area contributed by atoms with Gasteiger partial charge in [-0.1, -0.05) is 13.8 Å². The molecule has 1 aliphatic heterocycles. The highest BCUT2D eigenvalue weighted by Gasteiger charge is 2.55. The Kier molecular flexibility index (Phi) is 6.46. The van der Waals surface area contributed by atoms with Crippen LogP contribution in [0.15, 0.2) is 17.1 Å². The molecule has 2 rings (SSSR count). The van der Waals surface area contributed by atoms with Crippen LogP contribution in [0.1, 0.15) is 33.9 Å². The highest BCUT2D eigenvalue weighted by atomic mass is 19.1. The van der Waals surface area contributed by atoms with Crippen LogP contribution in [-0.4, -0.2) is 50.9 Å². The van der Waals surface area contributed by atoms with E-state index in [-0.39, 0.29) is 12.6 Å². The van der Waals surface area contributed by atoms with Crippen LogP contribution in [0.25, 0.3) is 0 Å². The van der Waals surface area contributed by atoms with Gasteiger partial charge in [-0.15, -0.1) is 0 Å². The Hall–Kier alpha value is -1.51. The Labute approximate surface area is 128 Å². The summed E-state index contributed by atoms with van der Waals surface area (Å²) in [5.41, 5.74) is -2.68. The molecular weight excluding hydrogens is 295 g/mol. The summed E-state index contributed by atoms with van der Waals surface area (Å²) >= 11 is 0. The number of hydrogen-bond acceptors (Lipinski definition) is 6. The number of rotatable bonds is 4. The predicted octanol–water partition coefficient (Wildman–Crippen LogP) is 0.647. The molecule has 0 spiro atoms. The monoisotopic (exact) mass is 318 g/mol. The largest absolute Gasteiger partial charge is 0.465 e. The third-order valence-corrected chi connectivity index (χ3v) is 3.23. The van der Waals surface area contributed by atoms with Gasteiger partial charge in [-0.2, -0.15) is 4.98 Å². The molecule has 1 saturated heterocycles. The van der Waals surface area contributed by atoms with Crippen molar-refractivity contribution < 1.29 is 24.1 Å². The van der Waals surface area contributed by atoms with Gasteiger partial charge in [0.25, 0.3) is 5.56 Å². The number of alkyl halides is 1. The summed E-state index contributed by atoms with van der Waals surface area (Å²) in [6.45, 7) is 6.57. The van der Waals surface area contributed by atoms with Gasteiger partial charge in [0.1, 0.15) is 12.2 Å². The van der Waals surface area contributed by atoms with E-state index in [4.69, 9.17) is 14.6 Å². The van der Waals surface area contributed by atoms with E-state index in [2.05, 4.69) is 4.98 Å². The topological polar surface area (TPSA) is 93.8 Å². The molecule has 1 fully saturated rings. The van der Waals surface area contributed by atoms with E-state index < -0.39 is 36.3 Å². The Morgan fingerprint density at radius 2 is 2.18 bits per heavy atom. The van der Waals surface area contributed by atoms with Crippen LogP contribution >= 0.6 is 0 Å². The van der Waals surface area contributed by atoms with Crippen LogP contribution in [-0.2, 0) is 4.74 Å². The number of halogens is 1. The predicted molar refractivity (Wildman–Crippen MR) is 77.5 cm³/mol. The van der Waals surface area contributed by atoms with Gasteiger partial charge in [0.15, 0.2) is 11.9 Å². The number of ether oxygens (including phenoxy) is 2. The van der Waals surface area contributed by atoms with E-state index in [1.165, 1.54) is 10.8 Å². The Bertz CT molecular complexity index is 534. The number of aromatic nitrogens is 2. The molecule has 0 saturated carbocycles. The molecule has 0 aromatic carbocycles. The SMILES string of the molecule is CC.CCOc1nc(=O)ccn1C1OC(CO)C(O)C1(C)F. The molecule has 22 heavy (non-hydrogen) atoms. The van der Waals surface area contributed by atoms with Gasteiger partial charge in [-0.3, -0.25) is 9.36 Å². The third-order valence-electron chi connectivity index (χ3n) is 3.23. The molecule has 4 atom stereocenters. The fourth-order valence-electron chi connectivity index (χ4n) is 2.17. The molecule has 0 aliphatic carbocycles. The van der Waals surface area contributed by atoms with Crippen LogP contribution < -0.4 is 10.3 Å². The fourth-order valence-corrected chi connectivity index (χ4v) is 2.17. The zero-order valence-electron chi connectivity index (χ0n) is 13.2. The van der Waals surface area contributed by atoms with E-state index in [0.717, 1.165) is 13.0 Å². The lowest BCUT2D eigenvalue weighted by atomic mass is 9.98. The van der Waals surface area contributed by atoms with Gasteiger partial charge < -0.3 is 19.7 Å². The van der Waals surface area contributed by atoms with E-state index in [1.54, 1.807) is 6.92 Å². The Morgan fingerprint density at radius 3 is 2.68 bits per heavy atom. The standard InChI is InChI=1S/C12H17FN2O5.C2H6/c1-3-19-11-14-8(17)4-5-15(11)10-12(2,13)9(18)7(6-16)20-10;1-2/h4-5,7,9-10,16,18H,3,6H2,1-2H3;1-2H3. The maximum atomic E-state index is 14.6. The van der Waals surface area contributed by atoms with E-state index in [9.17, 15) is 14.3 Å². The van der Waals surface area contributed by atoms with Gasteiger partial charge in [0.2, 0.25) is 0 Å². The zero-order valence-corrected chi connectivity index (χ0v) is 13.2. The van der Waals surface area contributed by atoms with E-state index >= 15 is 0 Å². The molecule has 0 bridgehead atoms. The van der Waals surface area contributed by atoms with Crippen molar-refractivity contribution in [3.8, 4) is 6.01 Å². The molecule has 1 aliphatic rings. The summed E-state index contributed by atoms with van der Waals surface area (Å²) in [7, 11) is 0. The van der Waals surface area contributed by atoms with Gasteiger partial charge >= 0.3 is 6.01 Å². The Morgan fingerprint density at radius 1 is 1.55 bits per heavy atom. The van der Waals surface area contributed by atoms with Crippen molar-refractivity contribution in [1.29, 1.82) is 0 Å². The smallest absolute Gasteiger partial charge is 0.301 e. The van der Waals surface area contributed by atoms with E-state index in [1.807, 2.05) is 13.8 Å². The summed E-state index contributed by atoms with van der Waals surface area (Å²) in [5, 5.41) is 18.9. The zero-order chi connectivity index (χ0) is 16.9. The summed E-state index contributed by atoms with van der Waals surface area (Å²) in [6, 6.07) is 1.04. The van der Waals surface area contributed by atoms with Crippen molar-refractivity contribution in [2.45, 2.75) is 51.8 Å². The van der Waals surface area contributed by atoms with Gasteiger partial charge in [0.05, 0.1) is 13.2 Å². The summed E-state index contributed by atoms with van der Waals surface area (Å²) in [5.74, 6) is 0. The quantitative estimate of drug-likeness (QED) is 0.846. The van der Waals surface area contributed by atoms with Gasteiger partial charge in [0, 0.05) is 12.3 Å². The lowest BCUT2D eigenvalue weighted by Crippen LogP contribution is -2.40. The van der Waals surface area contributed by atoms with Crippen LogP contribution in [0.2, 0.25) is 0 Å². The second-order valence-corrected chi connectivity index (χ2v) is 4.69.